The number of allylic oxidation sites excluding steroid dienone is 2. The minimum Gasteiger partial charge on any atom is -0.598 e. The minimum atomic E-state index is -1.30. The summed E-state index contributed by atoms with van der Waals surface area (Å²) in [5.74, 6) is 0.187. The highest BCUT2D eigenvalue weighted by atomic mass is 32.2. The van der Waals surface area contributed by atoms with Crippen LogP contribution in [0.5, 0.6) is 0 Å². The Balaban J connectivity index is 2.14. The zero-order valence-corrected chi connectivity index (χ0v) is 10.9. The second kappa shape index (κ2) is 5.12. The first-order valence-corrected chi connectivity index (χ1v) is 7.03. The van der Waals surface area contributed by atoms with Gasteiger partial charge < -0.3 is 9.98 Å². The van der Waals surface area contributed by atoms with Gasteiger partial charge in [0.25, 0.3) is 0 Å². The van der Waals surface area contributed by atoms with E-state index in [1.807, 2.05) is 24.3 Å². The smallest absolute Gasteiger partial charge is 0.140 e. The molecule has 0 saturated carbocycles. The first-order chi connectivity index (χ1) is 8.13. The molecule has 17 heavy (non-hydrogen) atoms. The van der Waals surface area contributed by atoms with Crippen molar-refractivity contribution >= 4 is 17.6 Å². The number of nitrogens with zero attached hydrogens (tertiary/aromatic N) is 2. The number of hydrogen-bond donors (Lipinski definition) is 2. The van der Waals surface area contributed by atoms with Gasteiger partial charge in [0.05, 0.1) is 18.4 Å². The van der Waals surface area contributed by atoms with Crippen molar-refractivity contribution in [2.24, 2.45) is 16.0 Å². The average Bonchev–Trinajstić information content (AvgIpc) is 2.72. The van der Waals surface area contributed by atoms with Crippen LogP contribution >= 0.6 is 0 Å². The molecule has 2 heterocycles. The van der Waals surface area contributed by atoms with E-state index in [0.29, 0.717) is 0 Å². The lowest BCUT2D eigenvalue weighted by molar-refractivity contribution is 0.322. The maximum Gasteiger partial charge on any atom is 0.140 e. The molecule has 2 aliphatic rings. The van der Waals surface area contributed by atoms with Crippen molar-refractivity contribution in [2.75, 3.05) is 6.54 Å². The molecule has 2 aliphatic heterocycles. The standard InChI is InChI=1S/C11H18N4OS/c1-3-10(8(2)17(12)16)11-6-9-7-13-4-5-15(9)14-11/h4,6-8,10,14H,3,5,12H2,1-2H3. The number of nitrogens with one attached hydrogen (secondary N) is 1. The van der Waals surface area contributed by atoms with E-state index >= 15 is 0 Å². The molecule has 0 amide bonds. The van der Waals surface area contributed by atoms with E-state index in [1.54, 1.807) is 0 Å². The van der Waals surface area contributed by atoms with Crippen molar-refractivity contribution in [3.8, 4) is 0 Å². The summed E-state index contributed by atoms with van der Waals surface area (Å²) in [6.07, 6.45) is 6.64. The number of hydrogen-bond acceptors (Lipinski definition) is 5. The van der Waals surface area contributed by atoms with E-state index in [4.69, 9.17) is 5.14 Å². The molecule has 0 aromatic heterocycles. The first kappa shape index (κ1) is 12.5. The third-order valence-electron chi connectivity index (χ3n) is 3.23. The van der Waals surface area contributed by atoms with Gasteiger partial charge in [-0.3, -0.25) is 10.0 Å². The zero-order valence-electron chi connectivity index (χ0n) is 10.1. The van der Waals surface area contributed by atoms with Crippen LogP contribution in [-0.4, -0.2) is 27.6 Å². The lowest BCUT2D eigenvalue weighted by Crippen LogP contribution is -2.40. The van der Waals surface area contributed by atoms with Gasteiger partial charge in [-0.25, -0.2) is 0 Å². The molecule has 0 aliphatic carbocycles. The lowest BCUT2D eigenvalue weighted by atomic mass is 9.99. The normalized spacial score (nSPS) is 23.4. The Bertz CT molecular complexity index is 378. The highest BCUT2D eigenvalue weighted by Crippen LogP contribution is 2.28. The Labute approximate surface area is 105 Å². The molecule has 3 atom stereocenters. The molecule has 5 nitrogen and oxygen atoms in total. The summed E-state index contributed by atoms with van der Waals surface area (Å²) in [4.78, 5) is 4.12. The Hall–Kier alpha value is -0.980. The highest BCUT2D eigenvalue weighted by molar-refractivity contribution is 7.89. The van der Waals surface area contributed by atoms with Gasteiger partial charge in [-0.05, 0) is 19.4 Å². The van der Waals surface area contributed by atoms with Crippen LogP contribution in [0.25, 0.3) is 0 Å². The lowest BCUT2D eigenvalue weighted by Gasteiger charge is -2.26. The van der Waals surface area contributed by atoms with Crippen LogP contribution in [0.1, 0.15) is 20.3 Å². The third-order valence-corrected chi connectivity index (χ3v) is 4.29. The Morgan fingerprint density at radius 1 is 1.71 bits per heavy atom. The molecule has 0 saturated heterocycles. The maximum atomic E-state index is 11.4. The van der Waals surface area contributed by atoms with E-state index in [0.717, 1.165) is 24.4 Å². The molecule has 6 heteroatoms. The maximum absolute atomic E-state index is 11.4. The van der Waals surface area contributed by atoms with Gasteiger partial charge >= 0.3 is 0 Å². The quantitative estimate of drug-likeness (QED) is 0.722. The van der Waals surface area contributed by atoms with E-state index in [9.17, 15) is 4.55 Å². The second-order valence-corrected chi connectivity index (χ2v) is 5.66. The van der Waals surface area contributed by atoms with Crippen LogP contribution in [0.2, 0.25) is 0 Å². The molecule has 0 bridgehead atoms. The summed E-state index contributed by atoms with van der Waals surface area (Å²) in [5, 5.41) is 7.46. The summed E-state index contributed by atoms with van der Waals surface area (Å²) in [6, 6.07) is 0. The SMILES string of the molecule is CCC(C1=CC2=CN=CCN2N1)C(C)[S+](N)[O-]. The van der Waals surface area contributed by atoms with Gasteiger partial charge in [-0.2, -0.15) is 5.14 Å². The fraction of sp³-hybridized carbons (Fsp3) is 0.545. The van der Waals surface area contributed by atoms with Crippen molar-refractivity contribution in [3.05, 3.63) is 23.7 Å². The van der Waals surface area contributed by atoms with Crippen molar-refractivity contribution in [1.29, 1.82) is 0 Å². The zero-order chi connectivity index (χ0) is 12.4. The van der Waals surface area contributed by atoms with Crippen LogP contribution in [0.15, 0.2) is 28.7 Å². The molecule has 0 aromatic rings. The van der Waals surface area contributed by atoms with E-state index in [2.05, 4.69) is 23.4 Å². The summed E-state index contributed by atoms with van der Waals surface area (Å²) < 4.78 is 11.4. The van der Waals surface area contributed by atoms with Crippen LogP contribution in [0.3, 0.4) is 0 Å². The fourth-order valence-corrected chi connectivity index (χ4v) is 2.83. The van der Waals surface area contributed by atoms with Gasteiger partial charge in [-0.1, -0.05) is 6.92 Å². The number of fused-ring (bicyclic) bond motifs is 1. The van der Waals surface area contributed by atoms with Crippen molar-refractivity contribution in [3.63, 3.8) is 0 Å². The number of hydrazine groups is 1. The summed E-state index contributed by atoms with van der Waals surface area (Å²) in [7, 11) is 0. The van der Waals surface area contributed by atoms with Gasteiger partial charge in [0, 0.05) is 29.2 Å². The molecule has 3 unspecified atom stereocenters. The topological polar surface area (TPSA) is 76.7 Å². The Kier molecular flexibility index (Phi) is 3.76. The molecule has 2 rings (SSSR count). The Morgan fingerprint density at radius 2 is 2.47 bits per heavy atom. The molecule has 94 valence electrons. The van der Waals surface area contributed by atoms with E-state index < -0.39 is 11.4 Å². The van der Waals surface area contributed by atoms with E-state index in [1.165, 1.54) is 0 Å². The van der Waals surface area contributed by atoms with Crippen molar-refractivity contribution < 1.29 is 4.55 Å². The molecular weight excluding hydrogens is 236 g/mol. The monoisotopic (exact) mass is 254 g/mol. The molecule has 0 radical (unpaired) electrons. The van der Waals surface area contributed by atoms with E-state index in [-0.39, 0.29) is 11.2 Å². The van der Waals surface area contributed by atoms with Crippen LogP contribution in [0.4, 0.5) is 0 Å². The van der Waals surface area contributed by atoms with Gasteiger partial charge in [0.1, 0.15) is 5.25 Å². The predicted octanol–water partition coefficient (Wildman–Crippen LogP) is 0.653. The minimum absolute atomic E-state index is 0.0541. The molecule has 3 N–H and O–H groups in total. The predicted molar refractivity (Wildman–Crippen MR) is 70.1 cm³/mol. The van der Waals surface area contributed by atoms with Gasteiger partial charge in [0.15, 0.2) is 0 Å². The molecule has 0 aromatic carbocycles. The number of rotatable bonds is 4. The summed E-state index contributed by atoms with van der Waals surface area (Å²) >= 11 is -1.30. The second-order valence-electron chi connectivity index (χ2n) is 4.26. The fourth-order valence-electron chi connectivity index (χ4n) is 2.16. The average molecular weight is 254 g/mol. The number of nitrogens with two attached hydrogens (primary N) is 1. The van der Waals surface area contributed by atoms with Crippen LogP contribution < -0.4 is 10.6 Å². The molecule has 0 spiro atoms. The highest BCUT2D eigenvalue weighted by Gasteiger charge is 2.32. The van der Waals surface area contributed by atoms with Gasteiger partial charge in [-0.15, -0.1) is 0 Å². The third kappa shape index (κ3) is 2.48. The molecular formula is C11H18N4OS. The molecule has 0 fully saturated rings. The number of aliphatic imine (C=N–C) groups is 1. The largest absolute Gasteiger partial charge is 0.598 e. The van der Waals surface area contributed by atoms with Crippen LogP contribution in [0, 0.1) is 5.92 Å². The van der Waals surface area contributed by atoms with Crippen LogP contribution in [-0.2, 0) is 11.4 Å². The van der Waals surface area contributed by atoms with Crippen molar-refractivity contribution in [1.82, 2.24) is 10.4 Å². The summed E-state index contributed by atoms with van der Waals surface area (Å²) in [6.45, 7) is 4.76. The first-order valence-electron chi connectivity index (χ1n) is 5.76. The van der Waals surface area contributed by atoms with Gasteiger partial charge in [0.2, 0.25) is 0 Å². The Morgan fingerprint density at radius 3 is 3.06 bits per heavy atom. The summed E-state index contributed by atoms with van der Waals surface area (Å²) in [5.41, 5.74) is 5.46. The van der Waals surface area contributed by atoms with Crippen molar-refractivity contribution in [2.45, 2.75) is 25.5 Å².